The van der Waals surface area contributed by atoms with Gasteiger partial charge in [-0.15, -0.1) is 0 Å². The standard InChI is InChI=1S/C23H22Cl2N6O3.C23H24ClN7O3/c2*1-13-3-5-15(29-23(33)14-4-6-17(16(24)9-14)26-7-8-32)10-19(13)34-11-18-20-21(25)27-12-28-22(20)31(2)30-18/h3-6,9-10,12,26,32H,7-8,11H2,1-2H3,(H,29,33);3-6,9-10,12,26,32H,7-8,11H2,1-2H3,(H,29,33)(H2,25,27,28). The highest BCUT2D eigenvalue weighted by atomic mass is 35.5. The number of benzene rings is 4. The predicted octanol–water partition coefficient (Wildman–Crippen LogP) is 7.36. The zero-order valence-electron chi connectivity index (χ0n) is 37.1. The highest BCUT2D eigenvalue weighted by Gasteiger charge is 2.18. The van der Waals surface area contributed by atoms with Crippen molar-refractivity contribution >= 4 is 97.3 Å². The van der Waals surface area contributed by atoms with Crippen molar-refractivity contribution in [3.05, 3.63) is 134 Å². The lowest BCUT2D eigenvalue weighted by molar-refractivity contribution is 0.101. The SMILES string of the molecule is Cc1ccc(NC(=O)c2ccc(NCCO)c(Cl)c2)cc1OCc1nn(C)c2ncnc(Cl)c12.Cc1ccc(NC(=O)c2ccc(NCCO)c(Cl)c2)cc1OCc1nn(C)c2ncnc(N)c12. The Kier molecular flexibility index (Phi) is 15.7. The normalized spacial score (nSPS) is 11.0. The topological polar surface area (TPSA) is 254 Å². The summed E-state index contributed by atoms with van der Waals surface area (Å²) in [5.41, 5.74) is 13.5. The number of anilines is 5. The molecule has 0 aliphatic rings. The van der Waals surface area contributed by atoms with E-state index >= 15 is 0 Å². The third-order valence-electron chi connectivity index (χ3n) is 10.3. The predicted molar refractivity (Wildman–Crippen MR) is 263 cm³/mol. The average Bonchev–Trinajstić information content (AvgIpc) is 3.84. The molecule has 19 nitrogen and oxygen atoms in total. The van der Waals surface area contributed by atoms with Gasteiger partial charge in [0.2, 0.25) is 0 Å². The maximum atomic E-state index is 12.7. The van der Waals surface area contributed by atoms with Crippen LogP contribution in [0.3, 0.4) is 0 Å². The summed E-state index contributed by atoms with van der Waals surface area (Å²) < 4.78 is 15.3. The van der Waals surface area contributed by atoms with E-state index in [-0.39, 0.29) is 38.2 Å². The number of carbonyl (C=O) groups is 2. The third kappa shape index (κ3) is 11.4. The van der Waals surface area contributed by atoms with Gasteiger partial charge in [-0.3, -0.25) is 9.59 Å². The number of aliphatic hydroxyl groups excluding tert-OH is 2. The molecule has 0 atom stereocenters. The molecule has 352 valence electrons. The number of nitrogens with zero attached hydrogens (tertiary/aromatic N) is 8. The molecule has 8 N–H and O–H groups in total. The number of nitrogen functional groups attached to an aromatic ring is 1. The number of fused-ring (bicyclic) bond motifs is 2. The minimum Gasteiger partial charge on any atom is -0.487 e. The van der Waals surface area contributed by atoms with Gasteiger partial charge in [0.05, 0.1) is 45.4 Å². The third-order valence-corrected chi connectivity index (χ3v) is 11.2. The summed E-state index contributed by atoms with van der Waals surface area (Å²) in [5, 5.41) is 40.8. The summed E-state index contributed by atoms with van der Waals surface area (Å²) in [6.07, 6.45) is 2.78. The van der Waals surface area contributed by atoms with Gasteiger partial charge in [0.25, 0.3) is 11.8 Å². The fourth-order valence-corrected chi connectivity index (χ4v) is 7.60. The number of carbonyl (C=O) groups excluding carboxylic acids is 2. The first-order chi connectivity index (χ1) is 32.7. The molecule has 4 heterocycles. The van der Waals surface area contributed by atoms with E-state index in [1.165, 1.54) is 12.7 Å². The molecule has 68 heavy (non-hydrogen) atoms. The molecule has 0 spiro atoms. The number of aromatic nitrogens is 8. The number of ether oxygens (including phenoxy) is 2. The number of hydrogen-bond donors (Lipinski definition) is 7. The quantitative estimate of drug-likeness (QED) is 0.0467. The van der Waals surface area contributed by atoms with Gasteiger partial charge in [0.15, 0.2) is 11.3 Å². The minimum absolute atomic E-state index is 0.0197. The van der Waals surface area contributed by atoms with Gasteiger partial charge < -0.3 is 46.7 Å². The summed E-state index contributed by atoms with van der Waals surface area (Å²) in [7, 11) is 3.55. The van der Waals surface area contributed by atoms with Crippen molar-refractivity contribution in [3.8, 4) is 11.5 Å². The Morgan fingerprint density at radius 2 is 1.09 bits per heavy atom. The molecule has 4 aromatic heterocycles. The van der Waals surface area contributed by atoms with E-state index < -0.39 is 0 Å². The number of aliphatic hydroxyl groups is 2. The van der Waals surface area contributed by atoms with Crippen LogP contribution in [0.5, 0.6) is 11.5 Å². The molecule has 8 rings (SSSR count). The van der Waals surface area contributed by atoms with E-state index in [4.69, 9.17) is 60.2 Å². The molecule has 0 radical (unpaired) electrons. The van der Waals surface area contributed by atoms with Crippen LogP contribution >= 0.6 is 34.8 Å². The fraction of sp³-hybridized carbons (Fsp3) is 0.217. The number of amides is 2. The van der Waals surface area contributed by atoms with Crippen molar-refractivity contribution in [2.45, 2.75) is 27.1 Å². The van der Waals surface area contributed by atoms with Crippen molar-refractivity contribution in [3.63, 3.8) is 0 Å². The van der Waals surface area contributed by atoms with E-state index in [2.05, 4.69) is 51.4 Å². The van der Waals surface area contributed by atoms with Crippen LogP contribution in [0.4, 0.5) is 28.6 Å². The van der Waals surface area contributed by atoms with Gasteiger partial charge in [-0.05, 0) is 73.5 Å². The van der Waals surface area contributed by atoms with Crippen LogP contribution in [0, 0.1) is 13.8 Å². The minimum atomic E-state index is -0.315. The molecule has 0 unspecified atom stereocenters. The lowest BCUT2D eigenvalue weighted by Gasteiger charge is -2.12. The second-order valence-electron chi connectivity index (χ2n) is 15.1. The summed E-state index contributed by atoms with van der Waals surface area (Å²) >= 11 is 18.7. The van der Waals surface area contributed by atoms with E-state index in [1.54, 1.807) is 84.1 Å². The smallest absolute Gasteiger partial charge is 0.255 e. The second kappa shape index (κ2) is 22.0. The highest BCUT2D eigenvalue weighted by Crippen LogP contribution is 2.30. The van der Waals surface area contributed by atoms with Crippen LogP contribution < -0.4 is 36.5 Å². The molecule has 0 saturated carbocycles. The van der Waals surface area contributed by atoms with Crippen molar-refractivity contribution in [2.24, 2.45) is 14.1 Å². The first kappa shape index (κ1) is 48.6. The van der Waals surface area contributed by atoms with Crippen molar-refractivity contribution in [2.75, 3.05) is 53.3 Å². The first-order valence-corrected chi connectivity index (χ1v) is 22.0. The summed E-state index contributed by atoms with van der Waals surface area (Å²) in [5.74, 6) is 0.890. The maximum absolute atomic E-state index is 12.7. The zero-order valence-corrected chi connectivity index (χ0v) is 39.4. The molecule has 4 aromatic carbocycles. The molecule has 8 aromatic rings. The number of nitrogens with one attached hydrogen (secondary N) is 4. The molecular weight excluding hydrogens is 937 g/mol. The number of nitrogens with two attached hydrogens (primary N) is 1. The molecular formula is C46H46Cl3N13O6. The van der Waals surface area contributed by atoms with Crippen LogP contribution in [0.25, 0.3) is 22.1 Å². The van der Waals surface area contributed by atoms with Crippen molar-refractivity contribution in [1.29, 1.82) is 0 Å². The number of rotatable bonds is 16. The Hall–Kier alpha value is -7.29. The van der Waals surface area contributed by atoms with Crippen molar-refractivity contribution < 1.29 is 29.3 Å². The Bertz CT molecular complexity index is 2920. The highest BCUT2D eigenvalue weighted by molar-refractivity contribution is 6.34. The number of aryl methyl sites for hydroxylation is 4. The van der Waals surface area contributed by atoms with Gasteiger partial charge in [0.1, 0.15) is 59.7 Å². The summed E-state index contributed by atoms with van der Waals surface area (Å²) in [6.45, 7) is 4.82. The Morgan fingerprint density at radius 3 is 1.56 bits per heavy atom. The van der Waals surface area contributed by atoms with Gasteiger partial charge >= 0.3 is 0 Å². The van der Waals surface area contributed by atoms with Gasteiger partial charge in [0, 0.05) is 61.8 Å². The van der Waals surface area contributed by atoms with Crippen LogP contribution in [-0.4, -0.2) is 87.8 Å². The van der Waals surface area contributed by atoms with Crippen LogP contribution in [-0.2, 0) is 27.3 Å². The molecule has 0 fully saturated rings. The summed E-state index contributed by atoms with van der Waals surface area (Å²) in [6, 6.07) is 20.6. The second-order valence-corrected chi connectivity index (χ2v) is 16.3. The molecule has 0 aliphatic carbocycles. The van der Waals surface area contributed by atoms with Gasteiger partial charge in [-0.2, -0.15) is 10.2 Å². The molecule has 2 amide bonds. The van der Waals surface area contributed by atoms with Gasteiger partial charge in [-0.1, -0.05) is 46.9 Å². The number of hydrogen-bond acceptors (Lipinski definition) is 15. The Morgan fingerprint density at radius 1 is 0.632 bits per heavy atom. The largest absolute Gasteiger partial charge is 0.487 e. The monoisotopic (exact) mass is 981 g/mol. The number of halogens is 3. The molecule has 0 bridgehead atoms. The first-order valence-electron chi connectivity index (χ1n) is 20.9. The Balaban J connectivity index is 0.000000201. The molecule has 0 aliphatic heterocycles. The van der Waals surface area contributed by atoms with E-state index in [0.29, 0.717) is 113 Å². The zero-order chi connectivity index (χ0) is 48.5. The van der Waals surface area contributed by atoms with Crippen LogP contribution in [0.1, 0.15) is 43.2 Å². The lowest BCUT2D eigenvalue weighted by atomic mass is 10.1. The summed E-state index contributed by atoms with van der Waals surface area (Å²) in [4.78, 5) is 42.0. The van der Waals surface area contributed by atoms with E-state index in [9.17, 15) is 9.59 Å². The fourth-order valence-electron chi connectivity index (χ4n) is 6.87. The van der Waals surface area contributed by atoms with Gasteiger partial charge in [-0.25, -0.2) is 29.3 Å². The van der Waals surface area contributed by atoms with Crippen LogP contribution in [0.15, 0.2) is 85.5 Å². The van der Waals surface area contributed by atoms with Crippen LogP contribution in [0.2, 0.25) is 15.2 Å². The maximum Gasteiger partial charge on any atom is 0.255 e. The van der Waals surface area contributed by atoms with Crippen molar-refractivity contribution in [1.82, 2.24) is 39.5 Å². The van der Waals surface area contributed by atoms with E-state index in [1.807, 2.05) is 26.0 Å². The lowest BCUT2D eigenvalue weighted by Crippen LogP contribution is -2.13. The average molecular weight is 983 g/mol. The Labute approximate surface area is 404 Å². The molecule has 22 heteroatoms. The molecule has 0 saturated heterocycles. The van der Waals surface area contributed by atoms with E-state index in [0.717, 1.165) is 11.1 Å².